The molecule has 0 N–H and O–H groups in total. The van der Waals surface area contributed by atoms with Crippen LogP contribution in [0.2, 0.25) is 5.02 Å². The first kappa shape index (κ1) is 18.5. The van der Waals surface area contributed by atoms with Gasteiger partial charge < -0.3 is 4.90 Å². The zero-order valence-corrected chi connectivity index (χ0v) is 16.1. The Morgan fingerprint density at radius 2 is 2.07 bits per heavy atom. The molecule has 140 valence electrons. The number of amides is 3. The number of anilines is 1. The summed E-state index contributed by atoms with van der Waals surface area (Å²) >= 11 is 7.69. The molecule has 0 bridgehead atoms. The molecule has 9 heteroatoms. The molecule has 2 unspecified atom stereocenters. The van der Waals surface area contributed by atoms with Crippen LogP contribution in [0.1, 0.15) is 12.0 Å². The number of carbonyl (C=O) groups is 2. The Balaban J connectivity index is 1.73. The Bertz CT molecular complexity index is 1010. The molecule has 1 saturated heterocycles. The third kappa shape index (κ3) is 3.13. The van der Waals surface area contributed by atoms with Crippen molar-refractivity contribution in [1.29, 1.82) is 5.26 Å². The molecule has 0 radical (unpaired) electrons. The minimum absolute atomic E-state index is 0.164. The van der Waals surface area contributed by atoms with Gasteiger partial charge in [-0.3, -0.25) is 9.78 Å². The molecular formula is C19H14ClN5O2S. The average Bonchev–Trinajstić information content (AvgIpc) is 3.14. The molecule has 2 aromatic rings. The van der Waals surface area contributed by atoms with E-state index in [1.807, 2.05) is 24.3 Å². The summed E-state index contributed by atoms with van der Waals surface area (Å²) in [7, 11) is 0. The largest absolute Gasteiger partial charge is 0.333 e. The fraction of sp³-hybridized carbons (Fsp3) is 0.211. The van der Waals surface area contributed by atoms with Gasteiger partial charge in [-0.2, -0.15) is 5.26 Å². The molecule has 4 rings (SSSR count). The number of imide groups is 1. The van der Waals surface area contributed by atoms with Crippen molar-refractivity contribution in [3.8, 4) is 6.07 Å². The van der Waals surface area contributed by atoms with Crippen LogP contribution < -0.4 is 4.90 Å². The second-order valence-corrected chi connectivity index (χ2v) is 7.75. The van der Waals surface area contributed by atoms with Gasteiger partial charge in [-0.15, -0.1) is 11.8 Å². The Hall–Kier alpha value is -2.89. The van der Waals surface area contributed by atoms with Crippen molar-refractivity contribution in [2.45, 2.75) is 17.7 Å². The summed E-state index contributed by atoms with van der Waals surface area (Å²) in [6.07, 6.45) is 6.33. The van der Waals surface area contributed by atoms with Gasteiger partial charge in [0.2, 0.25) is 0 Å². The number of nitriles is 1. The van der Waals surface area contributed by atoms with Crippen LogP contribution in [-0.4, -0.2) is 44.6 Å². The Labute approximate surface area is 170 Å². The van der Waals surface area contributed by atoms with Gasteiger partial charge in [-0.25, -0.2) is 14.7 Å². The van der Waals surface area contributed by atoms with Crippen LogP contribution >= 0.6 is 23.4 Å². The number of thioether (sulfide) groups is 1. The summed E-state index contributed by atoms with van der Waals surface area (Å²) in [6.45, 7) is 0.216. The molecule has 1 fully saturated rings. The van der Waals surface area contributed by atoms with Crippen molar-refractivity contribution in [3.63, 3.8) is 0 Å². The molecule has 2 aliphatic rings. The van der Waals surface area contributed by atoms with Gasteiger partial charge in [-0.1, -0.05) is 29.8 Å². The van der Waals surface area contributed by atoms with Gasteiger partial charge in [0.25, 0.3) is 5.91 Å². The molecule has 1 aromatic heterocycles. The number of urea groups is 1. The molecular weight excluding hydrogens is 398 g/mol. The Kier molecular flexibility index (Phi) is 5.03. The number of rotatable bonds is 4. The highest BCUT2D eigenvalue weighted by atomic mass is 35.5. The lowest BCUT2D eigenvalue weighted by Gasteiger charge is -2.40. The SMILES string of the molecule is N#CCCN1C(=O)N(c2cnccn2)C(=O)C2SC(c3ccccc3Cl)=CC21. The van der Waals surface area contributed by atoms with Crippen molar-refractivity contribution >= 4 is 46.0 Å². The highest BCUT2D eigenvalue weighted by Gasteiger charge is 2.50. The highest BCUT2D eigenvalue weighted by Crippen LogP contribution is 2.46. The maximum absolute atomic E-state index is 13.2. The molecule has 7 nitrogen and oxygen atoms in total. The highest BCUT2D eigenvalue weighted by molar-refractivity contribution is 8.09. The van der Waals surface area contributed by atoms with Crippen LogP contribution in [0, 0.1) is 11.3 Å². The molecule has 0 aliphatic carbocycles. The zero-order chi connectivity index (χ0) is 19.7. The van der Waals surface area contributed by atoms with E-state index in [4.69, 9.17) is 16.9 Å². The van der Waals surface area contributed by atoms with Gasteiger partial charge >= 0.3 is 6.03 Å². The number of carbonyl (C=O) groups excluding carboxylic acids is 2. The standard InChI is InChI=1S/C19H14ClN5O2S/c20-13-5-2-1-4-12(13)15-10-14-17(28-15)18(26)25(16-11-22-7-8-23-16)19(27)24(14)9-3-6-21/h1-2,4-5,7-8,10-11,14,17H,3,9H2. The van der Waals surface area contributed by atoms with E-state index in [1.54, 1.807) is 11.0 Å². The number of hydrogen-bond acceptors (Lipinski definition) is 6. The van der Waals surface area contributed by atoms with E-state index in [2.05, 4.69) is 16.0 Å². The van der Waals surface area contributed by atoms with Crippen LogP contribution in [0.3, 0.4) is 0 Å². The summed E-state index contributed by atoms with van der Waals surface area (Å²) in [5.41, 5.74) is 0.815. The summed E-state index contributed by atoms with van der Waals surface area (Å²) in [5.74, 6) is -0.184. The lowest BCUT2D eigenvalue weighted by Crippen LogP contribution is -2.62. The van der Waals surface area contributed by atoms with Crippen LogP contribution in [0.4, 0.5) is 10.6 Å². The normalized spacial score (nSPS) is 21.4. The number of halogens is 1. The second kappa shape index (κ2) is 7.62. The molecule has 0 saturated carbocycles. The first-order valence-electron chi connectivity index (χ1n) is 8.52. The maximum atomic E-state index is 13.2. The maximum Gasteiger partial charge on any atom is 0.333 e. The number of nitrogens with zero attached hydrogens (tertiary/aromatic N) is 5. The van der Waals surface area contributed by atoms with E-state index >= 15 is 0 Å². The minimum atomic E-state index is -0.537. The molecule has 2 atom stereocenters. The molecule has 1 aromatic carbocycles. The van der Waals surface area contributed by atoms with E-state index in [9.17, 15) is 9.59 Å². The third-order valence-electron chi connectivity index (χ3n) is 4.53. The lowest BCUT2D eigenvalue weighted by molar-refractivity contribution is -0.119. The molecule has 3 heterocycles. The second-order valence-electron chi connectivity index (χ2n) is 6.16. The predicted octanol–water partition coefficient (Wildman–Crippen LogP) is 3.34. The van der Waals surface area contributed by atoms with E-state index < -0.39 is 17.3 Å². The van der Waals surface area contributed by atoms with E-state index in [1.165, 1.54) is 30.4 Å². The minimum Gasteiger partial charge on any atom is -0.315 e. The first-order chi connectivity index (χ1) is 13.6. The quantitative estimate of drug-likeness (QED) is 0.766. The number of aromatic nitrogens is 2. The summed E-state index contributed by atoms with van der Waals surface area (Å²) in [4.78, 5) is 37.7. The number of benzene rings is 1. The van der Waals surface area contributed by atoms with Gasteiger partial charge in [0.15, 0.2) is 5.82 Å². The van der Waals surface area contributed by atoms with Crippen molar-refractivity contribution in [2.24, 2.45) is 0 Å². The monoisotopic (exact) mass is 411 g/mol. The van der Waals surface area contributed by atoms with Crippen molar-refractivity contribution in [1.82, 2.24) is 14.9 Å². The smallest absolute Gasteiger partial charge is 0.315 e. The van der Waals surface area contributed by atoms with Crippen molar-refractivity contribution in [3.05, 3.63) is 59.5 Å². The fourth-order valence-corrected chi connectivity index (χ4v) is 4.92. The van der Waals surface area contributed by atoms with Gasteiger partial charge in [0.05, 0.1) is 24.7 Å². The predicted molar refractivity (Wildman–Crippen MR) is 106 cm³/mol. The lowest BCUT2D eigenvalue weighted by atomic mass is 10.1. The Morgan fingerprint density at radius 1 is 1.25 bits per heavy atom. The van der Waals surface area contributed by atoms with Crippen molar-refractivity contribution < 1.29 is 9.59 Å². The van der Waals surface area contributed by atoms with Gasteiger partial charge in [0.1, 0.15) is 5.25 Å². The topological polar surface area (TPSA) is 90.2 Å². The number of hydrogen-bond donors (Lipinski definition) is 0. The van der Waals surface area contributed by atoms with Gasteiger partial charge in [0, 0.05) is 34.4 Å². The third-order valence-corrected chi connectivity index (χ3v) is 6.20. The number of fused-ring (bicyclic) bond motifs is 1. The zero-order valence-electron chi connectivity index (χ0n) is 14.5. The Morgan fingerprint density at radius 3 is 2.79 bits per heavy atom. The summed E-state index contributed by atoms with van der Waals surface area (Å²) in [5, 5.41) is 9.04. The van der Waals surface area contributed by atoms with E-state index in [0.29, 0.717) is 5.02 Å². The molecule has 2 aliphatic heterocycles. The van der Waals surface area contributed by atoms with Crippen LogP contribution in [0.15, 0.2) is 48.9 Å². The van der Waals surface area contributed by atoms with Crippen LogP contribution in [-0.2, 0) is 4.79 Å². The summed E-state index contributed by atoms with van der Waals surface area (Å²) in [6, 6.07) is 8.48. The fourth-order valence-electron chi connectivity index (χ4n) is 3.26. The van der Waals surface area contributed by atoms with E-state index in [-0.39, 0.29) is 24.7 Å². The summed E-state index contributed by atoms with van der Waals surface area (Å²) < 4.78 is 0. The van der Waals surface area contributed by atoms with Crippen molar-refractivity contribution in [2.75, 3.05) is 11.4 Å². The molecule has 28 heavy (non-hydrogen) atoms. The first-order valence-corrected chi connectivity index (χ1v) is 9.78. The molecule has 0 spiro atoms. The van der Waals surface area contributed by atoms with Crippen LogP contribution in [0.25, 0.3) is 4.91 Å². The van der Waals surface area contributed by atoms with Crippen LogP contribution in [0.5, 0.6) is 0 Å². The van der Waals surface area contributed by atoms with E-state index in [0.717, 1.165) is 15.4 Å². The molecule has 3 amide bonds. The van der Waals surface area contributed by atoms with Gasteiger partial charge in [-0.05, 0) is 12.1 Å². The average molecular weight is 412 g/mol.